The van der Waals surface area contributed by atoms with Gasteiger partial charge in [0.2, 0.25) is 0 Å². The summed E-state index contributed by atoms with van der Waals surface area (Å²) >= 11 is 0. The Kier molecular flexibility index (Phi) is 3.68. The van der Waals surface area contributed by atoms with Crippen LogP contribution in [-0.4, -0.2) is 0 Å². The van der Waals surface area contributed by atoms with Crippen molar-refractivity contribution in [1.82, 2.24) is 0 Å². The van der Waals surface area contributed by atoms with Gasteiger partial charge in [0.05, 0.1) is 11.6 Å². The number of hydrogen-bond donors (Lipinski definition) is 0. The van der Waals surface area contributed by atoms with Gasteiger partial charge >= 0.3 is 0 Å². The molecule has 0 spiro atoms. The molecule has 0 bridgehead atoms. The molecule has 78 valence electrons. The van der Waals surface area contributed by atoms with Crippen LogP contribution in [0.2, 0.25) is 0 Å². The summed E-state index contributed by atoms with van der Waals surface area (Å²) in [5.41, 5.74) is 2.20. The number of rotatable bonds is 2. The molecule has 1 rings (SSSR count). The van der Waals surface area contributed by atoms with Crippen molar-refractivity contribution >= 4 is 6.08 Å². The van der Waals surface area contributed by atoms with E-state index in [0.29, 0.717) is 11.0 Å². The van der Waals surface area contributed by atoms with Crippen LogP contribution < -0.4 is 0 Å². The maximum atomic E-state index is 8.64. The van der Waals surface area contributed by atoms with E-state index in [1.165, 1.54) is 0 Å². The summed E-state index contributed by atoms with van der Waals surface area (Å²) in [6.45, 7) is 6.66. The Morgan fingerprint density at radius 1 is 1.20 bits per heavy atom. The van der Waals surface area contributed by atoms with Crippen molar-refractivity contribution in [2.24, 2.45) is 5.41 Å². The predicted octanol–water partition coefficient (Wildman–Crippen LogP) is 4.01. The molecule has 1 nitrogen and oxygen atoms in total. The van der Waals surface area contributed by atoms with Crippen LogP contribution in [-0.2, 0) is 0 Å². The van der Waals surface area contributed by atoms with Gasteiger partial charge in [-0.05, 0) is 29.5 Å². The number of nitrogens with zero attached hydrogens (tertiary/aromatic N) is 1. The summed E-state index contributed by atoms with van der Waals surface area (Å²) in [4.78, 5) is 0. The summed E-state index contributed by atoms with van der Waals surface area (Å²) in [5.74, 6) is 0. The second-order valence-electron chi connectivity index (χ2n) is 4.90. The molecule has 0 aromatic heterocycles. The van der Waals surface area contributed by atoms with Crippen LogP contribution in [0.15, 0.2) is 30.3 Å². The monoisotopic (exact) mass is 199 g/mol. The fourth-order valence-electron chi connectivity index (χ4n) is 1.22. The predicted molar refractivity (Wildman–Crippen MR) is 64.3 cm³/mol. The lowest BCUT2D eigenvalue weighted by Crippen LogP contribution is -2.01. The van der Waals surface area contributed by atoms with Crippen LogP contribution in [0.3, 0.4) is 0 Å². The van der Waals surface area contributed by atoms with Gasteiger partial charge in [0.15, 0.2) is 0 Å². The summed E-state index contributed by atoms with van der Waals surface area (Å²) in [7, 11) is 0. The van der Waals surface area contributed by atoms with Gasteiger partial charge in [0.1, 0.15) is 0 Å². The van der Waals surface area contributed by atoms with Crippen molar-refractivity contribution in [3.8, 4) is 6.07 Å². The minimum atomic E-state index is 0.336. The number of allylic oxidation sites excluding steroid dienone is 1. The first-order valence-electron chi connectivity index (χ1n) is 5.18. The van der Waals surface area contributed by atoms with Gasteiger partial charge in [0, 0.05) is 0 Å². The van der Waals surface area contributed by atoms with E-state index in [4.69, 9.17) is 5.26 Å². The third-order valence-corrected chi connectivity index (χ3v) is 2.08. The summed E-state index contributed by atoms with van der Waals surface area (Å²) in [6, 6.07) is 9.74. The van der Waals surface area contributed by atoms with Crippen molar-refractivity contribution < 1.29 is 0 Å². The normalized spacial score (nSPS) is 11.6. The summed E-state index contributed by atoms with van der Waals surface area (Å²) < 4.78 is 0. The molecule has 15 heavy (non-hydrogen) atoms. The molecule has 0 fully saturated rings. The minimum Gasteiger partial charge on any atom is -0.192 e. The van der Waals surface area contributed by atoms with E-state index in [1.807, 2.05) is 24.3 Å². The van der Waals surface area contributed by atoms with Crippen LogP contribution in [0.1, 0.15) is 38.3 Å². The van der Waals surface area contributed by atoms with E-state index in [9.17, 15) is 0 Å². The molecule has 0 radical (unpaired) electrons. The molecule has 0 heterocycles. The molecule has 0 aliphatic carbocycles. The lowest BCUT2D eigenvalue weighted by molar-refractivity contribution is 0.421. The molecule has 0 amide bonds. The topological polar surface area (TPSA) is 23.8 Å². The largest absolute Gasteiger partial charge is 0.192 e. The second-order valence-corrected chi connectivity index (χ2v) is 4.90. The van der Waals surface area contributed by atoms with Gasteiger partial charge in [-0.3, -0.25) is 0 Å². The number of hydrogen-bond acceptors (Lipinski definition) is 1. The Bertz CT molecular complexity index is 371. The van der Waals surface area contributed by atoms with Gasteiger partial charge < -0.3 is 0 Å². The first kappa shape index (κ1) is 11.5. The molecule has 1 heteroatoms. The molecule has 0 atom stereocenters. The Labute approximate surface area is 92.1 Å². The first-order chi connectivity index (χ1) is 7.01. The highest BCUT2D eigenvalue weighted by Crippen LogP contribution is 2.19. The van der Waals surface area contributed by atoms with E-state index in [2.05, 4.69) is 39.0 Å². The standard InChI is InChI=1S/C14H17N/c1-14(2,3)10-4-5-12-6-8-13(11-15)9-7-12/h4-9H,10H2,1-3H3/b5-4+. The molecule has 1 aromatic carbocycles. The molecule has 0 N–H and O–H groups in total. The van der Waals surface area contributed by atoms with Crippen LogP contribution in [0.4, 0.5) is 0 Å². The number of nitriles is 1. The van der Waals surface area contributed by atoms with Gasteiger partial charge in [-0.1, -0.05) is 45.1 Å². The van der Waals surface area contributed by atoms with Crippen LogP contribution >= 0.6 is 0 Å². The van der Waals surface area contributed by atoms with Crippen molar-refractivity contribution in [3.63, 3.8) is 0 Å². The zero-order chi connectivity index (χ0) is 11.3. The third kappa shape index (κ3) is 4.46. The van der Waals surface area contributed by atoms with Gasteiger partial charge in [-0.2, -0.15) is 5.26 Å². The van der Waals surface area contributed by atoms with Crippen LogP contribution in [0.25, 0.3) is 6.08 Å². The average molecular weight is 199 g/mol. The van der Waals surface area contributed by atoms with E-state index >= 15 is 0 Å². The Balaban J connectivity index is 2.62. The SMILES string of the molecule is CC(C)(C)C/C=C/c1ccc(C#N)cc1. The van der Waals surface area contributed by atoms with Crippen molar-refractivity contribution in [3.05, 3.63) is 41.5 Å². The maximum Gasteiger partial charge on any atom is 0.0991 e. The van der Waals surface area contributed by atoms with Crippen molar-refractivity contribution in [2.45, 2.75) is 27.2 Å². The third-order valence-electron chi connectivity index (χ3n) is 2.08. The molecular weight excluding hydrogens is 182 g/mol. The smallest absolute Gasteiger partial charge is 0.0991 e. The van der Waals surface area contributed by atoms with E-state index < -0.39 is 0 Å². The Morgan fingerprint density at radius 2 is 1.80 bits per heavy atom. The number of benzene rings is 1. The highest BCUT2D eigenvalue weighted by molar-refractivity contribution is 5.50. The highest BCUT2D eigenvalue weighted by Gasteiger charge is 2.06. The fraction of sp³-hybridized carbons (Fsp3) is 0.357. The first-order valence-corrected chi connectivity index (χ1v) is 5.18. The van der Waals surface area contributed by atoms with Crippen molar-refractivity contribution in [2.75, 3.05) is 0 Å². The molecule has 0 aliphatic heterocycles. The highest BCUT2D eigenvalue weighted by atomic mass is 14.2. The summed E-state index contributed by atoms with van der Waals surface area (Å²) in [6.07, 6.45) is 5.35. The molecule has 0 saturated carbocycles. The van der Waals surface area contributed by atoms with Gasteiger partial charge in [-0.15, -0.1) is 0 Å². The fourth-order valence-corrected chi connectivity index (χ4v) is 1.22. The molecular formula is C14H17N. The summed E-state index contributed by atoms with van der Waals surface area (Å²) in [5, 5.41) is 8.64. The van der Waals surface area contributed by atoms with Crippen molar-refractivity contribution in [1.29, 1.82) is 5.26 Å². The maximum absolute atomic E-state index is 8.64. The molecule has 0 aliphatic rings. The average Bonchev–Trinajstić information content (AvgIpc) is 2.17. The molecule has 1 aromatic rings. The second kappa shape index (κ2) is 4.79. The van der Waals surface area contributed by atoms with Gasteiger partial charge in [-0.25, -0.2) is 0 Å². The lowest BCUT2D eigenvalue weighted by atomic mass is 9.92. The zero-order valence-electron chi connectivity index (χ0n) is 9.62. The molecule has 0 saturated heterocycles. The quantitative estimate of drug-likeness (QED) is 0.706. The Hall–Kier alpha value is -1.55. The minimum absolute atomic E-state index is 0.336. The Morgan fingerprint density at radius 3 is 2.27 bits per heavy atom. The van der Waals surface area contributed by atoms with Crippen LogP contribution in [0.5, 0.6) is 0 Å². The van der Waals surface area contributed by atoms with E-state index in [-0.39, 0.29) is 0 Å². The van der Waals surface area contributed by atoms with Crippen LogP contribution in [0, 0.1) is 16.7 Å². The van der Waals surface area contributed by atoms with Gasteiger partial charge in [0.25, 0.3) is 0 Å². The molecule has 0 unspecified atom stereocenters. The van der Waals surface area contributed by atoms with E-state index in [0.717, 1.165) is 12.0 Å². The lowest BCUT2D eigenvalue weighted by Gasteiger charge is -2.14. The zero-order valence-corrected chi connectivity index (χ0v) is 9.62. The van der Waals surface area contributed by atoms with E-state index in [1.54, 1.807) is 0 Å².